The molecule has 0 aromatic carbocycles. The molecule has 0 aliphatic rings. The Bertz CT molecular complexity index is 599. The van der Waals surface area contributed by atoms with Crippen LogP contribution < -0.4 is 0 Å². The van der Waals surface area contributed by atoms with Crippen molar-refractivity contribution in [3.63, 3.8) is 0 Å². The van der Waals surface area contributed by atoms with Crippen LogP contribution in [0, 0.1) is 0 Å². The van der Waals surface area contributed by atoms with Gasteiger partial charge in [-0.25, -0.2) is 4.98 Å². The summed E-state index contributed by atoms with van der Waals surface area (Å²) in [5.74, 6) is 0.887. The molecular weight excluding hydrogens is 266 g/mol. The van der Waals surface area contributed by atoms with E-state index in [1.165, 1.54) is 0 Å². The van der Waals surface area contributed by atoms with Gasteiger partial charge in [0.1, 0.15) is 11.5 Å². The molecule has 0 atom stereocenters. The summed E-state index contributed by atoms with van der Waals surface area (Å²) >= 11 is 0. The molecule has 2 rings (SSSR count). The van der Waals surface area contributed by atoms with Crippen LogP contribution in [0.15, 0.2) is 24.7 Å². The summed E-state index contributed by atoms with van der Waals surface area (Å²) in [5, 5.41) is 4.24. The van der Waals surface area contributed by atoms with Crippen LogP contribution >= 0.6 is 0 Å². The fourth-order valence-electron chi connectivity index (χ4n) is 2.30. The number of carbonyl (C=O) groups is 1. The smallest absolute Gasteiger partial charge is 0.272 e. The Balaban J connectivity index is 2.23. The van der Waals surface area contributed by atoms with E-state index in [0.717, 1.165) is 12.2 Å². The highest BCUT2D eigenvalue weighted by Gasteiger charge is 2.21. The Kier molecular flexibility index (Phi) is 4.77. The predicted octanol–water partition coefficient (Wildman–Crippen LogP) is 2.25. The average Bonchev–Trinajstić information content (AvgIpc) is 3.07. The zero-order valence-electron chi connectivity index (χ0n) is 13.2. The van der Waals surface area contributed by atoms with E-state index >= 15 is 0 Å². The average molecular weight is 289 g/mol. The van der Waals surface area contributed by atoms with Crippen molar-refractivity contribution in [3.8, 4) is 0 Å². The molecular formula is C15H23N5O. The minimum Gasteiger partial charge on any atom is -0.337 e. The highest BCUT2D eigenvalue weighted by atomic mass is 16.2. The molecule has 0 bridgehead atoms. The SMILES string of the molecule is CCCN(Cc1nccn1C)C(=O)c1ccnn1C(C)C. The lowest BCUT2D eigenvalue weighted by Crippen LogP contribution is -2.34. The van der Waals surface area contributed by atoms with E-state index in [0.29, 0.717) is 18.8 Å². The Labute approximate surface area is 125 Å². The summed E-state index contributed by atoms with van der Waals surface area (Å²) in [6, 6.07) is 1.94. The Hall–Kier alpha value is -2.11. The molecule has 2 aromatic rings. The van der Waals surface area contributed by atoms with E-state index < -0.39 is 0 Å². The van der Waals surface area contributed by atoms with Crippen LogP contribution in [0.1, 0.15) is 49.5 Å². The van der Waals surface area contributed by atoms with Gasteiger partial charge in [0.05, 0.1) is 6.54 Å². The summed E-state index contributed by atoms with van der Waals surface area (Å²) < 4.78 is 3.71. The van der Waals surface area contributed by atoms with E-state index in [-0.39, 0.29) is 11.9 Å². The van der Waals surface area contributed by atoms with Gasteiger partial charge in [-0.15, -0.1) is 0 Å². The van der Waals surface area contributed by atoms with Crippen LogP contribution in [0.25, 0.3) is 0 Å². The number of aryl methyl sites for hydroxylation is 1. The Morgan fingerprint density at radius 3 is 2.71 bits per heavy atom. The third kappa shape index (κ3) is 3.32. The molecule has 2 aromatic heterocycles. The zero-order valence-corrected chi connectivity index (χ0v) is 13.2. The maximum Gasteiger partial charge on any atom is 0.272 e. The van der Waals surface area contributed by atoms with Crippen molar-refractivity contribution >= 4 is 5.91 Å². The number of imidazole rings is 1. The number of carbonyl (C=O) groups excluding carboxylic acids is 1. The summed E-state index contributed by atoms with van der Waals surface area (Å²) in [6.07, 6.45) is 6.23. The molecule has 6 nitrogen and oxygen atoms in total. The fraction of sp³-hybridized carbons (Fsp3) is 0.533. The minimum atomic E-state index is 0.00560. The molecule has 0 saturated carbocycles. The zero-order chi connectivity index (χ0) is 15.4. The number of rotatable bonds is 6. The van der Waals surface area contributed by atoms with Crippen molar-refractivity contribution in [1.82, 2.24) is 24.2 Å². The van der Waals surface area contributed by atoms with Crippen LogP contribution in [0.4, 0.5) is 0 Å². The lowest BCUT2D eigenvalue weighted by Gasteiger charge is -2.23. The molecule has 0 unspecified atom stereocenters. The van der Waals surface area contributed by atoms with Gasteiger partial charge in [-0.1, -0.05) is 6.92 Å². The van der Waals surface area contributed by atoms with Crippen LogP contribution in [-0.2, 0) is 13.6 Å². The first-order chi connectivity index (χ1) is 10.0. The number of hydrogen-bond donors (Lipinski definition) is 0. The Morgan fingerprint density at radius 1 is 1.38 bits per heavy atom. The standard InChI is InChI=1S/C15H23N5O/c1-5-9-19(11-14-16-8-10-18(14)4)15(21)13-6-7-17-20(13)12(2)3/h6-8,10,12H,5,9,11H2,1-4H3. The quantitative estimate of drug-likeness (QED) is 0.819. The van der Waals surface area contributed by atoms with Crippen LogP contribution in [-0.4, -0.2) is 36.7 Å². The second-order valence-electron chi connectivity index (χ2n) is 5.44. The van der Waals surface area contributed by atoms with Gasteiger partial charge in [0.15, 0.2) is 0 Å². The topological polar surface area (TPSA) is 56.0 Å². The van der Waals surface area contributed by atoms with Crippen molar-refractivity contribution in [2.45, 2.75) is 39.8 Å². The molecule has 21 heavy (non-hydrogen) atoms. The normalized spacial score (nSPS) is 11.1. The maximum atomic E-state index is 12.8. The summed E-state index contributed by atoms with van der Waals surface area (Å²) in [5.41, 5.74) is 0.632. The lowest BCUT2D eigenvalue weighted by molar-refractivity contribution is 0.0723. The van der Waals surface area contributed by atoms with Gasteiger partial charge in [0, 0.05) is 38.2 Å². The highest BCUT2D eigenvalue weighted by molar-refractivity contribution is 5.92. The predicted molar refractivity (Wildman–Crippen MR) is 80.9 cm³/mol. The van der Waals surface area contributed by atoms with E-state index in [9.17, 15) is 4.79 Å². The first kappa shape index (κ1) is 15.3. The van der Waals surface area contributed by atoms with Gasteiger partial charge in [-0.2, -0.15) is 5.10 Å². The van der Waals surface area contributed by atoms with E-state index in [2.05, 4.69) is 17.0 Å². The van der Waals surface area contributed by atoms with Gasteiger partial charge in [0.2, 0.25) is 0 Å². The molecule has 0 saturated heterocycles. The van der Waals surface area contributed by atoms with Crippen molar-refractivity contribution in [2.75, 3.05) is 6.54 Å². The largest absolute Gasteiger partial charge is 0.337 e. The molecule has 0 aliphatic heterocycles. The lowest BCUT2D eigenvalue weighted by atomic mass is 10.3. The summed E-state index contributed by atoms with van der Waals surface area (Å²) in [4.78, 5) is 18.9. The number of hydrogen-bond acceptors (Lipinski definition) is 3. The van der Waals surface area contributed by atoms with E-state index in [1.54, 1.807) is 23.1 Å². The van der Waals surface area contributed by atoms with E-state index in [4.69, 9.17) is 0 Å². The first-order valence-corrected chi connectivity index (χ1v) is 7.33. The fourth-order valence-corrected chi connectivity index (χ4v) is 2.30. The van der Waals surface area contributed by atoms with E-state index in [1.807, 2.05) is 36.6 Å². The Morgan fingerprint density at radius 2 is 2.14 bits per heavy atom. The summed E-state index contributed by atoms with van der Waals surface area (Å²) in [7, 11) is 1.94. The van der Waals surface area contributed by atoms with Gasteiger partial charge in [-0.3, -0.25) is 9.48 Å². The number of aromatic nitrogens is 4. The monoisotopic (exact) mass is 289 g/mol. The molecule has 1 amide bonds. The van der Waals surface area contributed by atoms with Crippen molar-refractivity contribution < 1.29 is 4.79 Å². The third-order valence-corrected chi connectivity index (χ3v) is 3.41. The molecule has 0 spiro atoms. The second kappa shape index (κ2) is 6.56. The number of nitrogens with zero attached hydrogens (tertiary/aromatic N) is 5. The van der Waals surface area contributed by atoms with Gasteiger partial charge < -0.3 is 9.47 Å². The van der Waals surface area contributed by atoms with Crippen LogP contribution in [0.3, 0.4) is 0 Å². The van der Waals surface area contributed by atoms with Crippen molar-refractivity contribution in [1.29, 1.82) is 0 Å². The van der Waals surface area contributed by atoms with Gasteiger partial charge >= 0.3 is 0 Å². The molecule has 6 heteroatoms. The first-order valence-electron chi connectivity index (χ1n) is 7.33. The minimum absolute atomic E-state index is 0.00560. The van der Waals surface area contributed by atoms with Gasteiger partial charge in [0.25, 0.3) is 5.91 Å². The summed E-state index contributed by atoms with van der Waals surface area (Å²) in [6.45, 7) is 7.33. The highest BCUT2D eigenvalue weighted by Crippen LogP contribution is 2.13. The number of amides is 1. The third-order valence-electron chi connectivity index (χ3n) is 3.41. The van der Waals surface area contributed by atoms with Crippen LogP contribution in [0.2, 0.25) is 0 Å². The molecule has 0 N–H and O–H groups in total. The van der Waals surface area contributed by atoms with Gasteiger partial charge in [-0.05, 0) is 26.3 Å². The van der Waals surface area contributed by atoms with Crippen LogP contribution in [0.5, 0.6) is 0 Å². The molecule has 114 valence electrons. The van der Waals surface area contributed by atoms with Crippen molar-refractivity contribution in [2.24, 2.45) is 7.05 Å². The second-order valence-corrected chi connectivity index (χ2v) is 5.44. The molecule has 2 heterocycles. The van der Waals surface area contributed by atoms with Crippen molar-refractivity contribution in [3.05, 3.63) is 36.2 Å². The molecule has 0 radical (unpaired) electrons. The maximum absolute atomic E-state index is 12.8. The molecule has 0 aliphatic carbocycles. The molecule has 0 fully saturated rings.